The van der Waals surface area contributed by atoms with Crippen LogP contribution in [0.2, 0.25) is 5.02 Å². The molecule has 0 fully saturated rings. The maximum Gasteiger partial charge on any atom is 0.335 e. The summed E-state index contributed by atoms with van der Waals surface area (Å²) >= 11 is 6.07. The minimum atomic E-state index is -0.983. The number of amides is 1. The Hall–Kier alpha value is -3.65. The number of carbonyl (C=O) groups excluding carboxylic acids is 2. The summed E-state index contributed by atoms with van der Waals surface area (Å²) in [7, 11) is 1.81. The van der Waals surface area contributed by atoms with Crippen molar-refractivity contribution in [2.24, 2.45) is 5.41 Å². The number of halogens is 1. The van der Waals surface area contributed by atoms with Crippen molar-refractivity contribution in [1.29, 1.82) is 0 Å². The van der Waals surface area contributed by atoms with Gasteiger partial charge in [-0.15, -0.1) is 0 Å². The molecule has 0 unspecified atom stereocenters. The van der Waals surface area contributed by atoms with E-state index in [1.807, 2.05) is 46.0 Å². The number of benzene rings is 2. The van der Waals surface area contributed by atoms with Crippen molar-refractivity contribution in [1.82, 2.24) is 14.7 Å². The molecule has 0 bridgehead atoms. The first-order chi connectivity index (χ1) is 16.5. The summed E-state index contributed by atoms with van der Waals surface area (Å²) < 4.78 is 1.72. The van der Waals surface area contributed by atoms with Gasteiger partial charge in [-0.3, -0.25) is 9.48 Å². The maximum atomic E-state index is 13.0. The third kappa shape index (κ3) is 6.48. The molecule has 9 heteroatoms. The maximum absolute atomic E-state index is 13.0. The molecular weight excluding hydrogens is 468 g/mol. The first-order valence-electron chi connectivity index (χ1n) is 11.2. The number of carboxylic acids is 1. The zero-order chi connectivity index (χ0) is 25.8. The third-order valence-electron chi connectivity index (χ3n) is 5.30. The molecule has 1 amide bonds. The van der Waals surface area contributed by atoms with Crippen molar-refractivity contribution >= 4 is 35.5 Å². The van der Waals surface area contributed by atoms with Crippen molar-refractivity contribution in [3.63, 3.8) is 0 Å². The molecule has 184 valence electrons. The number of carboxylic acid groups (broad SMARTS) is 1. The molecule has 0 saturated carbocycles. The molecular formula is C26H29ClN4O4. The van der Waals surface area contributed by atoms with Crippen LogP contribution in [0.15, 0.2) is 48.5 Å². The second-order valence-electron chi connectivity index (χ2n) is 9.29. The quantitative estimate of drug-likeness (QED) is 0.490. The summed E-state index contributed by atoms with van der Waals surface area (Å²) in [6.45, 7) is 7.05. The monoisotopic (exact) mass is 496 g/mol. The van der Waals surface area contributed by atoms with E-state index in [0.717, 1.165) is 23.1 Å². The minimum absolute atomic E-state index is 0.129. The van der Waals surface area contributed by atoms with Crippen molar-refractivity contribution in [2.45, 2.75) is 33.9 Å². The Morgan fingerprint density at radius 3 is 2.51 bits per heavy atom. The van der Waals surface area contributed by atoms with Gasteiger partial charge in [-0.25, -0.2) is 4.79 Å². The van der Waals surface area contributed by atoms with Crippen molar-refractivity contribution in [3.05, 3.63) is 70.4 Å². The molecule has 1 aliphatic heterocycles. The standard InChI is InChI=1S/C21H19ClN4O3.C5H10O/c1-23-17-10-15(22)5-6-16(17)18-11-19-20(27)25(7-8-26(19)24-18)12-13-3-2-4-14(9-13)21(28)29;1-5(2,3)4-6/h2-6,9-11,23H,7-8,12H2,1H3,(H,28,29);4H,1-3H3. The van der Waals surface area contributed by atoms with Crippen molar-refractivity contribution in [2.75, 3.05) is 18.9 Å². The van der Waals surface area contributed by atoms with Crippen LogP contribution in [0.4, 0.5) is 5.69 Å². The zero-order valence-electron chi connectivity index (χ0n) is 20.2. The highest BCUT2D eigenvalue weighted by Gasteiger charge is 2.27. The molecule has 0 atom stereocenters. The summed E-state index contributed by atoms with van der Waals surface area (Å²) in [5, 5.41) is 17.5. The van der Waals surface area contributed by atoms with E-state index in [0.29, 0.717) is 36.0 Å². The average Bonchev–Trinajstić information content (AvgIpc) is 3.26. The summed E-state index contributed by atoms with van der Waals surface area (Å²) in [6.07, 6.45) is 0.938. The summed E-state index contributed by atoms with van der Waals surface area (Å²) in [5.41, 5.74) is 3.76. The van der Waals surface area contributed by atoms with E-state index in [1.54, 1.807) is 33.8 Å². The van der Waals surface area contributed by atoms with Crippen LogP contribution in [0, 0.1) is 5.41 Å². The van der Waals surface area contributed by atoms with Crippen LogP contribution in [0.25, 0.3) is 11.3 Å². The molecule has 1 aliphatic rings. The number of aromatic nitrogens is 2. The molecule has 1 aromatic heterocycles. The van der Waals surface area contributed by atoms with E-state index >= 15 is 0 Å². The first kappa shape index (κ1) is 26.0. The number of aromatic carboxylic acids is 1. The van der Waals surface area contributed by atoms with Gasteiger partial charge < -0.3 is 20.1 Å². The number of aldehydes is 1. The SMILES string of the molecule is CC(C)(C)C=O.CNc1cc(Cl)ccc1-c1cc2n(n1)CCN(Cc1cccc(C(=O)O)c1)C2=O. The van der Waals surface area contributed by atoms with Crippen LogP contribution in [-0.4, -0.2) is 51.5 Å². The van der Waals surface area contributed by atoms with E-state index < -0.39 is 5.97 Å². The van der Waals surface area contributed by atoms with Gasteiger partial charge >= 0.3 is 5.97 Å². The first-order valence-corrected chi connectivity index (χ1v) is 11.5. The summed E-state index contributed by atoms with van der Waals surface area (Å²) in [5.74, 6) is -1.11. The fourth-order valence-electron chi connectivity index (χ4n) is 3.49. The lowest BCUT2D eigenvalue weighted by Crippen LogP contribution is -2.39. The molecule has 2 aromatic carbocycles. The molecule has 2 N–H and O–H groups in total. The van der Waals surface area contributed by atoms with Crippen LogP contribution in [0.1, 0.15) is 47.2 Å². The Labute approximate surface area is 209 Å². The largest absolute Gasteiger partial charge is 0.478 e. The van der Waals surface area contributed by atoms with Gasteiger partial charge in [-0.1, -0.05) is 44.5 Å². The molecule has 0 saturated heterocycles. The number of rotatable bonds is 5. The third-order valence-corrected chi connectivity index (χ3v) is 5.53. The summed E-state index contributed by atoms with van der Waals surface area (Å²) in [4.78, 5) is 35.7. The van der Waals surface area contributed by atoms with Gasteiger partial charge in [0.1, 0.15) is 12.0 Å². The minimum Gasteiger partial charge on any atom is -0.478 e. The molecule has 0 aliphatic carbocycles. The van der Waals surface area contributed by atoms with Gasteiger partial charge in [0.2, 0.25) is 0 Å². The molecule has 3 aromatic rings. The molecule has 2 heterocycles. The molecule has 4 rings (SSSR count). The lowest BCUT2D eigenvalue weighted by Gasteiger charge is -2.27. The lowest BCUT2D eigenvalue weighted by molar-refractivity contribution is -0.113. The number of hydrogen-bond acceptors (Lipinski definition) is 5. The average molecular weight is 497 g/mol. The second-order valence-corrected chi connectivity index (χ2v) is 9.73. The van der Waals surface area contributed by atoms with Crippen LogP contribution >= 0.6 is 11.6 Å². The Bertz CT molecular complexity index is 1250. The Morgan fingerprint density at radius 2 is 1.89 bits per heavy atom. The smallest absolute Gasteiger partial charge is 0.335 e. The number of nitrogens with zero attached hydrogens (tertiary/aromatic N) is 3. The Morgan fingerprint density at radius 1 is 1.17 bits per heavy atom. The highest BCUT2D eigenvalue weighted by atomic mass is 35.5. The molecule has 0 radical (unpaired) electrons. The fourth-order valence-corrected chi connectivity index (χ4v) is 3.66. The predicted octanol–water partition coefficient (Wildman–Crippen LogP) is 4.83. The van der Waals surface area contributed by atoms with Gasteiger partial charge in [0.05, 0.1) is 17.8 Å². The van der Waals surface area contributed by atoms with E-state index in [1.165, 1.54) is 6.07 Å². The van der Waals surface area contributed by atoms with E-state index in [2.05, 4.69) is 10.4 Å². The van der Waals surface area contributed by atoms with Crippen LogP contribution in [0.3, 0.4) is 0 Å². The number of carbonyl (C=O) groups is 3. The van der Waals surface area contributed by atoms with Gasteiger partial charge in [0.15, 0.2) is 0 Å². The molecule has 8 nitrogen and oxygen atoms in total. The normalized spacial score (nSPS) is 12.9. The van der Waals surface area contributed by atoms with E-state index in [4.69, 9.17) is 16.7 Å². The van der Waals surface area contributed by atoms with Crippen LogP contribution < -0.4 is 5.32 Å². The van der Waals surface area contributed by atoms with E-state index in [-0.39, 0.29) is 16.9 Å². The van der Waals surface area contributed by atoms with Gasteiger partial charge in [-0.05, 0) is 42.0 Å². The Kier molecular flexibility index (Phi) is 7.96. The predicted molar refractivity (Wildman–Crippen MR) is 136 cm³/mol. The second kappa shape index (κ2) is 10.7. The zero-order valence-corrected chi connectivity index (χ0v) is 21.0. The highest BCUT2D eigenvalue weighted by molar-refractivity contribution is 6.31. The number of hydrogen-bond donors (Lipinski definition) is 2. The highest BCUT2D eigenvalue weighted by Crippen LogP contribution is 2.31. The number of fused-ring (bicyclic) bond motifs is 1. The number of nitrogens with one attached hydrogen (secondary N) is 1. The molecule has 35 heavy (non-hydrogen) atoms. The number of anilines is 1. The summed E-state index contributed by atoms with van der Waals surface area (Å²) in [6, 6.07) is 13.9. The fraction of sp³-hybridized carbons (Fsp3) is 0.308. The van der Waals surface area contributed by atoms with Crippen LogP contribution in [0.5, 0.6) is 0 Å². The molecule has 0 spiro atoms. The van der Waals surface area contributed by atoms with E-state index in [9.17, 15) is 14.4 Å². The van der Waals surface area contributed by atoms with Gasteiger partial charge in [0.25, 0.3) is 5.91 Å². The van der Waals surface area contributed by atoms with Crippen LogP contribution in [-0.2, 0) is 17.9 Å². The Balaban J connectivity index is 0.000000509. The topological polar surface area (TPSA) is 105 Å². The van der Waals surface area contributed by atoms with Gasteiger partial charge in [-0.2, -0.15) is 5.10 Å². The van der Waals surface area contributed by atoms with Crippen molar-refractivity contribution < 1.29 is 19.5 Å². The van der Waals surface area contributed by atoms with Crippen molar-refractivity contribution in [3.8, 4) is 11.3 Å². The lowest BCUT2D eigenvalue weighted by atomic mass is 10.0. The van der Waals surface area contributed by atoms with Gasteiger partial charge in [0, 0.05) is 41.8 Å².